The fourth-order valence-corrected chi connectivity index (χ4v) is 0. The van der Waals surface area contributed by atoms with Crippen molar-refractivity contribution < 1.29 is 39.4 Å². The van der Waals surface area contributed by atoms with Crippen molar-refractivity contribution in [3.05, 3.63) is 12.2 Å². The Kier molecular flexibility index (Phi) is 24.9. The largest absolute Gasteiger partial charge is 0.478 e. The molecule has 9 heteroatoms. The van der Waals surface area contributed by atoms with Gasteiger partial charge in [-0.2, -0.15) is 0 Å². The highest BCUT2D eigenvalue weighted by atomic mass is 31.2. The number of phosphoric acid groups is 1. The molecular weight excluding hydrogens is 231 g/mol. The van der Waals surface area contributed by atoms with Crippen LogP contribution in [0.1, 0.15) is 6.92 Å². The van der Waals surface area contributed by atoms with Gasteiger partial charge >= 0.3 is 13.8 Å². The number of hydrogen-bond donors (Lipinski definition) is 6. The minimum atomic E-state index is -4.64. The molecular formula is C6H17O8P. The number of hydrogen-bond acceptors (Lipinski definition) is 4. The summed E-state index contributed by atoms with van der Waals surface area (Å²) in [6.45, 7) is 4.60. The van der Waals surface area contributed by atoms with Gasteiger partial charge in [0.2, 0.25) is 0 Å². The summed E-state index contributed by atoms with van der Waals surface area (Å²) < 4.78 is 8.88. The second kappa shape index (κ2) is 15.7. The van der Waals surface area contributed by atoms with E-state index in [2.05, 4.69) is 6.58 Å². The molecule has 0 unspecified atom stereocenters. The third kappa shape index (κ3) is 159. The second-order valence-corrected chi connectivity index (χ2v) is 2.63. The predicted molar refractivity (Wildman–Crippen MR) is 53.0 cm³/mol. The van der Waals surface area contributed by atoms with Gasteiger partial charge in [0.05, 0.1) is 0 Å². The van der Waals surface area contributed by atoms with E-state index in [1.54, 1.807) is 0 Å². The van der Waals surface area contributed by atoms with E-state index in [9.17, 15) is 4.79 Å². The maximum absolute atomic E-state index is 9.60. The summed E-state index contributed by atoms with van der Waals surface area (Å²) in [6, 6.07) is 0. The van der Waals surface area contributed by atoms with Gasteiger partial charge in [-0.05, 0) is 6.92 Å². The second-order valence-electron chi connectivity index (χ2n) is 1.60. The van der Waals surface area contributed by atoms with Crippen molar-refractivity contribution in [3.8, 4) is 0 Å². The third-order valence-corrected chi connectivity index (χ3v) is 0.365. The van der Waals surface area contributed by atoms with Crippen LogP contribution in [0.5, 0.6) is 0 Å². The van der Waals surface area contributed by atoms with E-state index >= 15 is 0 Å². The first-order chi connectivity index (χ1) is 6.64. The van der Waals surface area contributed by atoms with Crippen molar-refractivity contribution in [2.24, 2.45) is 0 Å². The lowest BCUT2D eigenvalue weighted by Gasteiger charge is -1.82. The molecule has 0 spiro atoms. The topological polar surface area (TPSA) is 156 Å². The average Bonchev–Trinajstić information content (AvgIpc) is 2.08. The summed E-state index contributed by atoms with van der Waals surface area (Å²) >= 11 is 0. The van der Waals surface area contributed by atoms with E-state index in [1.165, 1.54) is 6.92 Å². The molecule has 0 heterocycles. The summed E-state index contributed by atoms with van der Waals surface area (Å²) in [4.78, 5) is 31.2. The first-order valence-corrected chi connectivity index (χ1v) is 4.77. The van der Waals surface area contributed by atoms with E-state index in [0.717, 1.165) is 14.2 Å². The molecule has 94 valence electrons. The van der Waals surface area contributed by atoms with Gasteiger partial charge in [0.1, 0.15) is 0 Å². The Morgan fingerprint density at radius 2 is 1.13 bits per heavy atom. The number of aliphatic hydroxyl groups excluding tert-OH is 2. The normalized spacial score (nSPS) is 7.73. The van der Waals surface area contributed by atoms with Crippen LogP contribution in [0.15, 0.2) is 12.2 Å². The highest BCUT2D eigenvalue weighted by Gasteiger charge is 2.00. The molecule has 0 amide bonds. The van der Waals surface area contributed by atoms with Gasteiger partial charge in [-0.3, -0.25) is 0 Å². The summed E-state index contributed by atoms with van der Waals surface area (Å²) in [7, 11) is -2.64. The van der Waals surface area contributed by atoms with E-state index < -0.39 is 13.8 Å². The summed E-state index contributed by atoms with van der Waals surface area (Å²) in [5, 5.41) is 21.9. The Hall–Kier alpha value is -0.760. The zero-order valence-electron chi connectivity index (χ0n) is 8.65. The lowest BCUT2D eigenvalue weighted by Crippen LogP contribution is -1.92. The number of aliphatic hydroxyl groups is 2. The minimum Gasteiger partial charge on any atom is -0.478 e. The number of aliphatic carboxylic acids is 1. The smallest absolute Gasteiger partial charge is 0.466 e. The van der Waals surface area contributed by atoms with Crippen molar-refractivity contribution in [1.82, 2.24) is 0 Å². The Morgan fingerprint density at radius 1 is 1.07 bits per heavy atom. The standard InChI is InChI=1S/C4H6O2.2CH4O.H3O4P/c1-3(2)4(5)6;2*1-2;1-5(2,3)4/h1H2,2H3,(H,5,6);2*2H,1H3;(H3,1,2,3,4). The monoisotopic (exact) mass is 248 g/mol. The van der Waals surface area contributed by atoms with Crippen LogP contribution in [0.3, 0.4) is 0 Å². The molecule has 15 heavy (non-hydrogen) atoms. The molecule has 6 N–H and O–H groups in total. The van der Waals surface area contributed by atoms with Crippen molar-refractivity contribution in [2.45, 2.75) is 6.92 Å². The van der Waals surface area contributed by atoms with Crippen molar-refractivity contribution in [1.29, 1.82) is 0 Å². The van der Waals surface area contributed by atoms with E-state index in [4.69, 9.17) is 34.6 Å². The predicted octanol–water partition coefficient (Wildman–Crippen LogP) is -1.06. The van der Waals surface area contributed by atoms with Crippen LogP contribution >= 0.6 is 7.82 Å². The van der Waals surface area contributed by atoms with Crippen LogP contribution in [0.25, 0.3) is 0 Å². The highest BCUT2D eigenvalue weighted by Crippen LogP contribution is 2.25. The van der Waals surface area contributed by atoms with Crippen LogP contribution in [-0.2, 0) is 9.36 Å². The van der Waals surface area contributed by atoms with E-state index in [1.807, 2.05) is 0 Å². The quantitative estimate of drug-likeness (QED) is 0.253. The molecule has 0 aliphatic carbocycles. The molecule has 0 atom stereocenters. The third-order valence-electron chi connectivity index (χ3n) is 0.365. The lowest BCUT2D eigenvalue weighted by molar-refractivity contribution is -0.132. The SMILES string of the molecule is C=C(C)C(=O)O.CO.CO.O=P(O)(O)O. The summed E-state index contributed by atoms with van der Waals surface area (Å²) in [6.07, 6.45) is 0. The minimum absolute atomic E-state index is 0.176. The highest BCUT2D eigenvalue weighted by molar-refractivity contribution is 7.45. The van der Waals surface area contributed by atoms with E-state index in [-0.39, 0.29) is 5.57 Å². The van der Waals surface area contributed by atoms with Crippen LogP contribution < -0.4 is 0 Å². The van der Waals surface area contributed by atoms with Gasteiger partial charge in [0, 0.05) is 19.8 Å². The molecule has 0 rings (SSSR count). The Balaban J connectivity index is -0.0000000610. The zero-order valence-corrected chi connectivity index (χ0v) is 9.55. The molecule has 0 saturated carbocycles. The first kappa shape index (κ1) is 23.8. The Labute approximate surface area is 87.4 Å². The van der Waals surface area contributed by atoms with Crippen molar-refractivity contribution >= 4 is 13.8 Å². The fraction of sp³-hybridized carbons (Fsp3) is 0.500. The van der Waals surface area contributed by atoms with E-state index in [0.29, 0.717) is 0 Å². The fourth-order valence-electron chi connectivity index (χ4n) is 0. The molecule has 8 nitrogen and oxygen atoms in total. The summed E-state index contributed by atoms with van der Waals surface area (Å²) in [5.74, 6) is -0.935. The van der Waals surface area contributed by atoms with Gasteiger partial charge in [-0.1, -0.05) is 6.58 Å². The Morgan fingerprint density at radius 3 is 1.13 bits per heavy atom. The molecule has 0 fully saturated rings. The molecule has 0 saturated heterocycles. The number of rotatable bonds is 1. The van der Waals surface area contributed by atoms with Gasteiger partial charge in [-0.25, -0.2) is 9.36 Å². The zero-order chi connectivity index (χ0) is 13.7. The molecule has 0 aliphatic heterocycles. The number of carboxylic acid groups (broad SMARTS) is 1. The van der Waals surface area contributed by atoms with Crippen LogP contribution in [0, 0.1) is 0 Å². The maximum Gasteiger partial charge on any atom is 0.466 e. The van der Waals surface area contributed by atoms with Crippen LogP contribution in [0.2, 0.25) is 0 Å². The molecule has 0 aromatic rings. The van der Waals surface area contributed by atoms with Crippen molar-refractivity contribution in [3.63, 3.8) is 0 Å². The van der Waals surface area contributed by atoms with Crippen molar-refractivity contribution in [2.75, 3.05) is 14.2 Å². The first-order valence-electron chi connectivity index (χ1n) is 3.21. The lowest BCUT2D eigenvalue weighted by atomic mass is 10.4. The number of carboxylic acids is 1. The molecule has 0 aliphatic rings. The molecule has 0 radical (unpaired) electrons. The average molecular weight is 248 g/mol. The van der Waals surface area contributed by atoms with Crippen LogP contribution in [-0.4, -0.2) is 50.2 Å². The molecule has 0 bridgehead atoms. The van der Waals surface area contributed by atoms with Gasteiger partial charge in [0.15, 0.2) is 0 Å². The van der Waals surface area contributed by atoms with Gasteiger partial charge in [-0.15, -0.1) is 0 Å². The Bertz CT molecular complexity index is 175. The van der Waals surface area contributed by atoms with Gasteiger partial charge in [0.25, 0.3) is 0 Å². The van der Waals surface area contributed by atoms with Crippen LogP contribution in [0.4, 0.5) is 0 Å². The molecule has 0 aromatic heterocycles. The molecule has 0 aromatic carbocycles. The van der Waals surface area contributed by atoms with Gasteiger partial charge < -0.3 is 30.0 Å². The maximum atomic E-state index is 9.60. The summed E-state index contributed by atoms with van der Waals surface area (Å²) in [5.41, 5.74) is 0.176. The number of carbonyl (C=O) groups is 1.